The molecule has 1 N–H and O–H groups in total. The van der Waals surface area contributed by atoms with E-state index >= 15 is 0 Å². The number of nitrogens with zero attached hydrogens (tertiary/aromatic N) is 1. The molecular formula is C17H21ClN2O. The third-order valence-corrected chi connectivity index (χ3v) is 3.51. The second-order valence-electron chi connectivity index (χ2n) is 5.34. The third kappa shape index (κ3) is 3.96. The van der Waals surface area contributed by atoms with Crippen molar-refractivity contribution in [3.63, 3.8) is 0 Å². The fourth-order valence-corrected chi connectivity index (χ4v) is 2.62. The second kappa shape index (κ2) is 6.92. The number of aryl methyl sites for hydroxylation is 1. The summed E-state index contributed by atoms with van der Waals surface area (Å²) in [5, 5.41) is 4.09. The van der Waals surface area contributed by atoms with E-state index in [9.17, 15) is 0 Å². The number of rotatable bonds is 5. The molecule has 0 aliphatic rings. The van der Waals surface area contributed by atoms with E-state index in [-0.39, 0.29) is 12.1 Å². The Bertz CT molecular complexity index is 613. The SMILES string of the molecule is CNC(c1cncc(OC(C)C)c1)c1ccc(Cl)cc1C. The van der Waals surface area contributed by atoms with Crippen LogP contribution in [0.25, 0.3) is 0 Å². The lowest BCUT2D eigenvalue weighted by Gasteiger charge is -2.20. The van der Waals surface area contributed by atoms with Crippen LogP contribution in [0, 0.1) is 6.92 Å². The van der Waals surface area contributed by atoms with Crippen molar-refractivity contribution < 1.29 is 4.74 Å². The van der Waals surface area contributed by atoms with Gasteiger partial charge in [0.25, 0.3) is 0 Å². The van der Waals surface area contributed by atoms with Gasteiger partial charge in [-0.1, -0.05) is 17.7 Å². The first-order chi connectivity index (χ1) is 10.0. The van der Waals surface area contributed by atoms with Crippen molar-refractivity contribution in [2.75, 3.05) is 7.05 Å². The quantitative estimate of drug-likeness (QED) is 0.901. The van der Waals surface area contributed by atoms with Crippen LogP contribution in [0.3, 0.4) is 0 Å². The zero-order chi connectivity index (χ0) is 15.4. The number of nitrogens with one attached hydrogen (secondary N) is 1. The monoisotopic (exact) mass is 304 g/mol. The average Bonchev–Trinajstić information content (AvgIpc) is 2.41. The molecule has 1 aromatic carbocycles. The molecule has 0 fully saturated rings. The molecule has 1 atom stereocenters. The van der Waals surface area contributed by atoms with Crippen LogP contribution in [0.1, 0.15) is 36.6 Å². The number of halogens is 1. The molecule has 0 aliphatic heterocycles. The summed E-state index contributed by atoms with van der Waals surface area (Å²) in [6.45, 7) is 6.07. The van der Waals surface area contributed by atoms with Gasteiger partial charge in [-0.15, -0.1) is 0 Å². The predicted octanol–water partition coefficient (Wildman–Crippen LogP) is 4.14. The highest BCUT2D eigenvalue weighted by atomic mass is 35.5. The molecule has 3 nitrogen and oxygen atoms in total. The van der Waals surface area contributed by atoms with E-state index in [0.717, 1.165) is 21.9 Å². The third-order valence-electron chi connectivity index (χ3n) is 3.27. The Hall–Kier alpha value is -1.58. The van der Waals surface area contributed by atoms with Gasteiger partial charge in [0.1, 0.15) is 5.75 Å². The Morgan fingerprint density at radius 1 is 1.19 bits per heavy atom. The number of hydrogen-bond acceptors (Lipinski definition) is 3. The van der Waals surface area contributed by atoms with Crippen LogP contribution in [-0.2, 0) is 0 Å². The molecule has 21 heavy (non-hydrogen) atoms. The van der Waals surface area contributed by atoms with Crippen molar-refractivity contribution in [1.82, 2.24) is 10.3 Å². The number of aromatic nitrogens is 1. The van der Waals surface area contributed by atoms with Crippen LogP contribution in [0.15, 0.2) is 36.7 Å². The smallest absolute Gasteiger partial charge is 0.138 e. The first-order valence-electron chi connectivity index (χ1n) is 7.06. The summed E-state index contributed by atoms with van der Waals surface area (Å²) in [6, 6.07) is 8.03. The van der Waals surface area contributed by atoms with Gasteiger partial charge in [0.15, 0.2) is 0 Å². The van der Waals surface area contributed by atoms with Crippen LogP contribution in [0.5, 0.6) is 5.75 Å². The highest BCUT2D eigenvalue weighted by Gasteiger charge is 2.15. The van der Waals surface area contributed by atoms with Gasteiger partial charge in [-0.2, -0.15) is 0 Å². The van der Waals surface area contributed by atoms with Gasteiger partial charge >= 0.3 is 0 Å². The lowest BCUT2D eigenvalue weighted by atomic mass is 9.96. The molecule has 4 heteroatoms. The fourth-order valence-electron chi connectivity index (χ4n) is 2.39. The minimum Gasteiger partial charge on any atom is -0.489 e. The molecule has 112 valence electrons. The normalized spacial score (nSPS) is 12.5. The largest absolute Gasteiger partial charge is 0.489 e. The van der Waals surface area contributed by atoms with Crippen LogP contribution in [0.4, 0.5) is 0 Å². The number of ether oxygens (including phenoxy) is 1. The second-order valence-corrected chi connectivity index (χ2v) is 5.78. The van der Waals surface area contributed by atoms with E-state index in [0.29, 0.717) is 0 Å². The van der Waals surface area contributed by atoms with Crippen molar-refractivity contribution in [3.05, 3.63) is 58.4 Å². The summed E-state index contributed by atoms with van der Waals surface area (Å²) < 4.78 is 5.72. The average molecular weight is 305 g/mol. The lowest BCUT2D eigenvalue weighted by Crippen LogP contribution is -2.19. The maximum atomic E-state index is 6.04. The van der Waals surface area contributed by atoms with Crippen LogP contribution >= 0.6 is 11.6 Å². The zero-order valence-corrected chi connectivity index (χ0v) is 13.6. The van der Waals surface area contributed by atoms with Crippen molar-refractivity contribution >= 4 is 11.6 Å². The van der Waals surface area contributed by atoms with E-state index < -0.39 is 0 Å². The molecule has 1 aromatic heterocycles. The van der Waals surface area contributed by atoms with Crippen molar-refractivity contribution in [3.8, 4) is 5.75 Å². The van der Waals surface area contributed by atoms with E-state index in [2.05, 4.69) is 23.3 Å². The fraction of sp³-hybridized carbons (Fsp3) is 0.353. The van der Waals surface area contributed by atoms with Gasteiger partial charge in [-0.25, -0.2) is 0 Å². The van der Waals surface area contributed by atoms with E-state index in [1.807, 2.05) is 45.3 Å². The maximum absolute atomic E-state index is 6.04. The van der Waals surface area contributed by atoms with Gasteiger partial charge in [0.05, 0.1) is 18.3 Å². The number of benzene rings is 1. The number of pyridine rings is 1. The lowest BCUT2D eigenvalue weighted by molar-refractivity contribution is 0.241. The summed E-state index contributed by atoms with van der Waals surface area (Å²) in [7, 11) is 1.94. The first kappa shape index (κ1) is 15.8. The molecule has 0 bridgehead atoms. The molecular weight excluding hydrogens is 284 g/mol. The minimum absolute atomic E-state index is 0.0606. The minimum atomic E-state index is 0.0606. The maximum Gasteiger partial charge on any atom is 0.138 e. The van der Waals surface area contributed by atoms with E-state index in [1.165, 1.54) is 5.56 Å². The van der Waals surface area contributed by atoms with Crippen molar-refractivity contribution in [2.45, 2.75) is 32.9 Å². The Kier molecular flexibility index (Phi) is 5.21. The molecule has 1 unspecified atom stereocenters. The van der Waals surface area contributed by atoms with E-state index in [4.69, 9.17) is 16.3 Å². The number of hydrogen-bond donors (Lipinski definition) is 1. The molecule has 2 rings (SSSR count). The van der Waals surface area contributed by atoms with Gasteiger partial charge < -0.3 is 10.1 Å². The Balaban J connectivity index is 2.37. The van der Waals surface area contributed by atoms with Gasteiger partial charge in [-0.3, -0.25) is 4.98 Å². The Morgan fingerprint density at radius 2 is 1.95 bits per heavy atom. The van der Waals surface area contributed by atoms with Gasteiger partial charge in [-0.05, 0) is 62.7 Å². The van der Waals surface area contributed by atoms with E-state index in [1.54, 1.807) is 6.20 Å². The predicted molar refractivity (Wildman–Crippen MR) is 87.1 cm³/mol. The summed E-state index contributed by atoms with van der Waals surface area (Å²) >= 11 is 6.04. The van der Waals surface area contributed by atoms with Crippen LogP contribution < -0.4 is 10.1 Å². The van der Waals surface area contributed by atoms with Crippen LogP contribution in [-0.4, -0.2) is 18.1 Å². The van der Waals surface area contributed by atoms with Gasteiger partial charge in [0, 0.05) is 11.2 Å². The highest BCUT2D eigenvalue weighted by molar-refractivity contribution is 6.30. The summed E-state index contributed by atoms with van der Waals surface area (Å²) in [4.78, 5) is 4.29. The summed E-state index contributed by atoms with van der Waals surface area (Å²) in [5.74, 6) is 0.786. The molecule has 1 heterocycles. The van der Waals surface area contributed by atoms with Crippen molar-refractivity contribution in [1.29, 1.82) is 0 Å². The highest BCUT2D eigenvalue weighted by Crippen LogP contribution is 2.28. The molecule has 0 aliphatic carbocycles. The molecule has 2 aromatic rings. The Labute approximate surface area is 131 Å². The first-order valence-corrected chi connectivity index (χ1v) is 7.44. The summed E-state index contributed by atoms with van der Waals surface area (Å²) in [5.41, 5.74) is 3.41. The van der Waals surface area contributed by atoms with Gasteiger partial charge in [0.2, 0.25) is 0 Å². The zero-order valence-electron chi connectivity index (χ0n) is 12.9. The molecule has 0 radical (unpaired) electrons. The molecule has 0 spiro atoms. The van der Waals surface area contributed by atoms with Crippen LogP contribution in [0.2, 0.25) is 5.02 Å². The topological polar surface area (TPSA) is 34.2 Å². The standard InChI is InChI=1S/C17H21ClN2O/c1-11(2)21-15-8-13(9-20-10-15)17(19-4)16-6-5-14(18)7-12(16)3/h5-11,17,19H,1-4H3. The summed E-state index contributed by atoms with van der Waals surface area (Å²) in [6.07, 6.45) is 3.74. The molecule has 0 saturated carbocycles. The Morgan fingerprint density at radius 3 is 2.57 bits per heavy atom. The molecule has 0 amide bonds. The molecule has 0 saturated heterocycles. The van der Waals surface area contributed by atoms with Crippen molar-refractivity contribution in [2.24, 2.45) is 0 Å².